The Labute approximate surface area is 91.1 Å². The third-order valence-corrected chi connectivity index (χ3v) is 3.18. The third kappa shape index (κ3) is 2.30. The van der Waals surface area contributed by atoms with Crippen LogP contribution in [0.15, 0.2) is 30.3 Å². The Hall–Kier alpha value is -1.49. The van der Waals surface area contributed by atoms with Gasteiger partial charge in [-0.2, -0.15) is 5.26 Å². The molecule has 0 N–H and O–H groups in total. The quantitative estimate of drug-likeness (QED) is 0.747. The molecular formula is C13H16N2. The van der Waals surface area contributed by atoms with E-state index in [4.69, 9.17) is 5.26 Å². The number of para-hydroxylation sites is 1. The van der Waals surface area contributed by atoms with Crippen LogP contribution in [0.1, 0.15) is 19.3 Å². The Morgan fingerprint density at radius 3 is 2.53 bits per heavy atom. The topological polar surface area (TPSA) is 27.0 Å². The van der Waals surface area contributed by atoms with Crippen LogP contribution >= 0.6 is 0 Å². The fourth-order valence-corrected chi connectivity index (χ4v) is 2.01. The summed E-state index contributed by atoms with van der Waals surface area (Å²) in [4.78, 5) is 2.25. The molecule has 0 heterocycles. The lowest BCUT2D eigenvalue weighted by Gasteiger charge is -2.24. The highest BCUT2D eigenvalue weighted by Crippen LogP contribution is 2.49. The second-order valence-electron chi connectivity index (χ2n) is 4.53. The molecule has 1 aliphatic rings. The molecule has 1 aromatic rings. The van der Waals surface area contributed by atoms with Crippen molar-refractivity contribution in [2.45, 2.75) is 19.3 Å². The largest absolute Gasteiger partial charge is 0.374 e. The molecule has 0 aromatic heterocycles. The van der Waals surface area contributed by atoms with E-state index in [9.17, 15) is 0 Å². The normalized spacial score (nSPS) is 16.8. The lowest BCUT2D eigenvalue weighted by atomic mass is 10.0. The molecule has 78 valence electrons. The zero-order chi connectivity index (χ0) is 10.7. The second kappa shape index (κ2) is 3.94. The smallest absolute Gasteiger partial charge is 0.0628 e. The predicted octanol–water partition coefficient (Wildman–Crippen LogP) is 2.82. The van der Waals surface area contributed by atoms with Crippen LogP contribution in [0, 0.1) is 16.7 Å². The zero-order valence-corrected chi connectivity index (χ0v) is 9.11. The summed E-state index contributed by atoms with van der Waals surface area (Å²) in [5, 5.41) is 8.76. The van der Waals surface area contributed by atoms with Gasteiger partial charge in [0.1, 0.15) is 0 Å². The van der Waals surface area contributed by atoms with E-state index in [0.29, 0.717) is 11.8 Å². The van der Waals surface area contributed by atoms with E-state index in [0.717, 1.165) is 6.54 Å². The molecule has 0 spiro atoms. The Balaban J connectivity index is 1.99. The zero-order valence-electron chi connectivity index (χ0n) is 9.11. The molecule has 1 aromatic carbocycles. The number of benzene rings is 1. The second-order valence-corrected chi connectivity index (χ2v) is 4.53. The Morgan fingerprint density at radius 1 is 1.33 bits per heavy atom. The van der Waals surface area contributed by atoms with Crippen molar-refractivity contribution in [3.05, 3.63) is 30.3 Å². The van der Waals surface area contributed by atoms with Crippen molar-refractivity contribution in [1.82, 2.24) is 0 Å². The molecule has 1 saturated carbocycles. The molecule has 0 saturated heterocycles. The summed E-state index contributed by atoms with van der Waals surface area (Å²) >= 11 is 0. The van der Waals surface area contributed by atoms with Crippen LogP contribution in [0.25, 0.3) is 0 Å². The van der Waals surface area contributed by atoms with E-state index < -0.39 is 0 Å². The van der Waals surface area contributed by atoms with Crippen LogP contribution in [0.3, 0.4) is 0 Å². The van der Waals surface area contributed by atoms with Crippen molar-refractivity contribution in [3.8, 4) is 6.07 Å². The molecule has 1 fully saturated rings. The lowest BCUT2D eigenvalue weighted by Crippen LogP contribution is -2.26. The van der Waals surface area contributed by atoms with Crippen molar-refractivity contribution in [3.63, 3.8) is 0 Å². The maximum Gasteiger partial charge on any atom is 0.0628 e. The highest BCUT2D eigenvalue weighted by atomic mass is 15.1. The highest BCUT2D eigenvalue weighted by molar-refractivity contribution is 5.45. The van der Waals surface area contributed by atoms with Gasteiger partial charge in [-0.15, -0.1) is 0 Å². The van der Waals surface area contributed by atoms with E-state index in [1.54, 1.807) is 0 Å². The average molecular weight is 200 g/mol. The molecule has 0 aliphatic heterocycles. The van der Waals surface area contributed by atoms with Crippen LogP contribution in [-0.4, -0.2) is 13.6 Å². The number of rotatable bonds is 4. The molecule has 1 aliphatic carbocycles. The number of anilines is 1. The minimum absolute atomic E-state index is 0.291. The summed E-state index contributed by atoms with van der Waals surface area (Å²) in [6.07, 6.45) is 3.11. The number of nitrogens with zero attached hydrogens (tertiary/aromatic N) is 2. The first-order chi connectivity index (χ1) is 7.26. The molecule has 2 rings (SSSR count). The number of hydrogen-bond donors (Lipinski definition) is 0. The fourth-order valence-electron chi connectivity index (χ4n) is 2.01. The molecule has 15 heavy (non-hydrogen) atoms. The maximum atomic E-state index is 8.76. The Morgan fingerprint density at radius 2 is 2.00 bits per heavy atom. The number of hydrogen-bond acceptors (Lipinski definition) is 2. The molecule has 0 unspecified atom stereocenters. The van der Waals surface area contributed by atoms with E-state index >= 15 is 0 Å². The van der Waals surface area contributed by atoms with Gasteiger partial charge in [0.15, 0.2) is 0 Å². The molecule has 0 radical (unpaired) electrons. The fraction of sp³-hybridized carbons (Fsp3) is 0.462. The molecule has 0 amide bonds. The van der Waals surface area contributed by atoms with Gasteiger partial charge in [0.25, 0.3) is 0 Å². The number of nitriles is 1. The maximum absolute atomic E-state index is 8.76. The van der Waals surface area contributed by atoms with Crippen LogP contribution in [0.2, 0.25) is 0 Å². The highest BCUT2D eigenvalue weighted by Gasteiger charge is 2.43. The average Bonchev–Trinajstić information content (AvgIpc) is 3.00. The molecule has 0 bridgehead atoms. The molecule has 2 nitrogen and oxygen atoms in total. The Bertz CT molecular complexity index is 360. The first-order valence-corrected chi connectivity index (χ1v) is 5.39. The van der Waals surface area contributed by atoms with E-state index in [1.165, 1.54) is 18.5 Å². The van der Waals surface area contributed by atoms with Crippen LogP contribution < -0.4 is 4.90 Å². The summed E-state index contributed by atoms with van der Waals surface area (Å²) in [6, 6.07) is 12.7. The summed E-state index contributed by atoms with van der Waals surface area (Å²) in [5.41, 5.74) is 1.53. The van der Waals surface area contributed by atoms with Crippen molar-refractivity contribution in [2.75, 3.05) is 18.5 Å². The Kier molecular flexibility index (Phi) is 2.64. The molecule has 0 atom stereocenters. The van der Waals surface area contributed by atoms with Gasteiger partial charge < -0.3 is 4.90 Å². The van der Waals surface area contributed by atoms with Crippen LogP contribution in [0.4, 0.5) is 5.69 Å². The predicted molar refractivity (Wildman–Crippen MR) is 61.6 cm³/mol. The van der Waals surface area contributed by atoms with Crippen molar-refractivity contribution < 1.29 is 0 Å². The van der Waals surface area contributed by atoms with Crippen molar-refractivity contribution in [1.29, 1.82) is 5.26 Å². The first kappa shape index (κ1) is 10.0. The monoisotopic (exact) mass is 200 g/mol. The van der Waals surface area contributed by atoms with Crippen molar-refractivity contribution >= 4 is 5.69 Å². The minimum atomic E-state index is 0.291. The van der Waals surface area contributed by atoms with Crippen LogP contribution in [0.5, 0.6) is 0 Å². The lowest BCUT2D eigenvalue weighted by molar-refractivity contribution is 0.524. The molecular weight excluding hydrogens is 184 g/mol. The van der Waals surface area contributed by atoms with Gasteiger partial charge in [-0.25, -0.2) is 0 Å². The van der Waals surface area contributed by atoms with E-state index in [2.05, 4.69) is 42.3 Å². The summed E-state index contributed by atoms with van der Waals surface area (Å²) < 4.78 is 0. The van der Waals surface area contributed by atoms with Gasteiger partial charge in [-0.05, 0) is 25.0 Å². The van der Waals surface area contributed by atoms with Crippen molar-refractivity contribution in [2.24, 2.45) is 5.41 Å². The standard InChI is InChI=1S/C13H16N2/c1-15(12-5-3-2-4-6-12)11-13(7-8-13)9-10-14/h2-6H,7-9,11H2,1H3. The van der Waals surface area contributed by atoms with E-state index in [1.807, 2.05) is 6.07 Å². The van der Waals surface area contributed by atoms with E-state index in [-0.39, 0.29) is 0 Å². The molecule has 2 heteroatoms. The first-order valence-electron chi connectivity index (χ1n) is 5.39. The SMILES string of the molecule is CN(CC1(CC#N)CC1)c1ccccc1. The van der Waals surface area contributed by atoms with Gasteiger partial charge in [0.05, 0.1) is 6.07 Å². The summed E-state index contributed by atoms with van der Waals surface area (Å²) in [6.45, 7) is 1.00. The minimum Gasteiger partial charge on any atom is -0.374 e. The summed E-state index contributed by atoms with van der Waals surface area (Å²) in [7, 11) is 2.10. The van der Waals surface area contributed by atoms with Gasteiger partial charge in [-0.3, -0.25) is 0 Å². The van der Waals surface area contributed by atoms with Gasteiger partial charge in [-0.1, -0.05) is 18.2 Å². The van der Waals surface area contributed by atoms with Crippen LogP contribution in [-0.2, 0) is 0 Å². The van der Waals surface area contributed by atoms with Gasteiger partial charge in [0, 0.05) is 31.1 Å². The van der Waals surface area contributed by atoms with Gasteiger partial charge in [0.2, 0.25) is 0 Å². The summed E-state index contributed by atoms with van der Waals surface area (Å²) in [5.74, 6) is 0. The van der Waals surface area contributed by atoms with Gasteiger partial charge >= 0.3 is 0 Å². The third-order valence-electron chi connectivity index (χ3n) is 3.18.